The number of nitrogens with one attached hydrogen (secondary N) is 1. The molecule has 1 aromatic heterocycles. The first-order chi connectivity index (χ1) is 10.7. The molecule has 0 aliphatic carbocycles. The van der Waals surface area contributed by atoms with Crippen molar-refractivity contribution in [3.8, 4) is 0 Å². The normalized spacial score (nSPS) is 13.8. The molecule has 0 bridgehead atoms. The zero-order valence-electron chi connectivity index (χ0n) is 11.4. The van der Waals surface area contributed by atoms with E-state index in [2.05, 4.69) is 15.2 Å². The lowest BCUT2D eigenvalue weighted by Gasteiger charge is -2.23. The van der Waals surface area contributed by atoms with Gasteiger partial charge in [0, 0.05) is 10.9 Å². The van der Waals surface area contributed by atoms with Crippen LogP contribution in [0.1, 0.15) is 29.0 Å². The molecule has 2 atom stereocenters. The number of halogens is 2. The molecule has 22 heavy (non-hydrogen) atoms. The van der Waals surface area contributed by atoms with Crippen LogP contribution in [0.2, 0.25) is 5.02 Å². The van der Waals surface area contributed by atoms with Crippen LogP contribution in [-0.2, 0) is 0 Å². The van der Waals surface area contributed by atoms with Crippen molar-refractivity contribution < 1.29 is 9.50 Å². The Morgan fingerprint density at radius 2 is 1.82 bits per heavy atom. The molecule has 0 spiro atoms. The summed E-state index contributed by atoms with van der Waals surface area (Å²) < 4.78 is 13.2. The molecule has 2 N–H and O–H groups in total. The molecule has 1 heterocycles. The van der Waals surface area contributed by atoms with Crippen molar-refractivity contribution in [2.45, 2.75) is 12.0 Å². The third kappa shape index (κ3) is 2.86. The van der Waals surface area contributed by atoms with Crippen LogP contribution in [0.3, 0.4) is 0 Å². The predicted molar refractivity (Wildman–Crippen MR) is 81.0 cm³/mol. The molecule has 112 valence electrons. The maximum Gasteiger partial charge on any atom is 0.179 e. The van der Waals surface area contributed by atoms with Gasteiger partial charge in [-0.1, -0.05) is 41.9 Å². The van der Waals surface area contributed by atoms with Gasteiger partial charge in [0.1, 0.15) is 18.2 Å². The quantitative estimate of drug-likeness (QED) is 0.774. The number of benzene rings is 2. The van der Waals surface area contributed by atoms with Crippen molar-refractivity contribution in [2.75, 3.05) is 0 Å². The van der Waals surface area contributed by atoms with E-state index in [1.165, 1.54) is 18.5 Å². The summed E-state index contributed by atoms with van der Waals surface area (Å²) in [4.78, 5) is 4.00. The number of aromatic nitrogens is 3. The van der Waals surface area contributed by atoms with Crippen LogP contribution in [-0.4, -0.2) is 20.3 Å². The molecule has 2 unspecified atom stereocenters. The lowest BCUT2D eigenvalue weighted by Crippen LogP contribution is -2.14. The molecular weight excluding hydrogens is 305 g/mol. The Balaban J connectivity index is 2.10. The third-order valence-electron chi connectivity index (χ3n) is 3.48. The Morgan fingerprint density at radius 3 is 2.45 bits per heavy atom. The summed E-state index contributed by atoms with van der Waals surface area (Å²) in [6.45, 7) is 0. The summed E-state index contributed by atoms with van der Waals surface area (Å²) in [5.74, 6) is -0.576. The topological polar surface area (TPSA) is 61.8 Å². The molecule has 0 saturated heterocycles. The average Bonchev–Trinajstić information content (AvgIpc) is 3.05. The van der Waals surface area contributed by atoms with Crippen molar-refractivity contribution in [1.29, 1.82) is 0 Å². The maximum absolute atomic E-state index is 13.2. The van der Waals surface area contributed by atoms with E-state index in [4.69, 9.17) is 11.6 Å². The summed E-state index contributed by atoms with van der Waals surface area (Å²) in [6, 6.07) is 13.2. The van der Waals surface area contributed by atoms with Crippen LogP contribution in [0.25, 0.3) is 0 Å². The Kier molecular flexibility index (Phi) is 4.18. The third-order valence-corrected chi connectivity index (χ3v) is 3.83. The number of H-pyrrole nitrogens is 1. The van der Waals surface area contributed by atoms with Crippen LogP contribution >= 0.6 is 11.6 Å². The second kappa shape index (κ2) is 6.25. The first kappa shape index (κ1) is 14.7. The fourth-order valence-electron chi connectivity index (χ4n) is 2.44. The molecule has 0 radical (unpaired) electrons. The minimum atomic E-state index is -1.00. The number of nitrogens with zero attached hydrogens (tertiary/aromatic N) is 2. The van der Waals surface area contributed by atoms with Crippen LogP contribution in [0.4, 0.5) is 4.39 Å². The van der Waals surface area contributed by atoms with E-state index >= 15 is 0 Å². The smallest absolute Gasteiger partial charge is 0.179 e. The molecule has 0 fully saturated rings. The fraction of sp³-hybridized carbons (Fsp3) is 0.125. The summed E-state index contributed by atoms with van der Waals surface area (Å²) in [7, 11) is 0. The number of aromatic amines is 1. The second-order valence-electron chi connectivity index (χ2n) is 4.85. The van der Waals surface area contributed by atoms with Gasteiger partial charge >= 0.3 is 0 Å². The maximum atomic E-state index is 13.2. The molecule has 0 aliphatic heterocycles. The van der Waals surface area contributed by atoms with E-state index in [1.54, 1.807) is 18.2 Å². The van der Waals surface area contributed by atoms with E-state index in [1.807, 2.05) is 18.2 Å². The minimum absolute atomic E-state index is 0.259. The van der Waals surface area contributed by atoms with Crippen molar-refractivity contribution in [1.82, 2.24) is 15.2 Å². The molecule has 0 saturated carbocycles. The van der Waals surface area contributed by atoms with Crippen LogP contribution < -0.4 is 0 Å². The Hall–Kier alpha value is -2.24. The molecule has 6 heteroatoms. The number of aliphatic hydroxyl groups excluding tert-OH is 1. The van der Waals surface area contributed by atoms with Crippen molar-refractivity contribution in [3.63, 3.8) is 0 Å². The van der Waals surface area contributed by atoms with Crippen molar-refractivity contribution >= 4 is 11.6 Å². The number of hydrogen-bond acceptors (Lipinski definition) is 3. The van der Waals surface area contributed by atoms with Gasteiger partial charge in [0.15, 0.2) is 5.82 Å². The molecule has 0 amide bonds. The number of rotatable bonds is 4. The van der Waals surface area contributed by atoms with Gasteiger partial charge in [-0.3, -0.25) is 5.10 Å². The van der Waals surface area contributed by atoms with Gasteiger partial charge in [0.2, 0.25) is 0 Å². The largest absolute Gasteiger partial charge is 0.384 e. The summed E-state index contributed by atoms with van der Waals surface area (Å²) in [5.41, 5.74) is 1.46. The highest BCUT2D eigenvalue weighted by Gasteiger charge is 2.28. The van der Waals surface area contributed by atoms with E-state index in [9.17, 15) is 9.50 Å². The van der Waals surface area contributed by atoms with Gasteiger partial charge in [-0.05, 0) is 29.3 Å². The number of aliphatic hydroxyl groups is 1. The first-order valence-electron chi connectivity index (χ1n) is 6.70. The lowest BCUT2D eigenvalue weighted by atomic mass is 9.86. The van der Waals surface area contributed by atoms with Gasteiger partial charge in [0.25, 0.3) is 0 Å². The van der Waals surface area contributed by atoms with Gasteiger partial charge in [0.05, 0.1) is 0 Å². The summed E-state index contributed by atoms with van der Waals surface area (Å²) in [6.07, 6.45) is 0.393. The Labute approximate surface area is 131 Å². The van der Waals surface area contributed by atoms with E-state index in [0.29, 0.717) is 5.02 Å². The molecule has 3 aromatic rings. The van der Waals surface area contributed by atoms with Gasteiger partial charge in [-0.2, -0.15) is 5.10 Å². The molecule has 2 aromatic carbocycles. The highest BCUT2D eigenvalue weighted by Crippen LogP contribution is 2.38. The highest BCUT2D eigenvalue weighted by atomic mass is 35.5. The van der Waals surface area contributed by atoms with Gasteiger partial charge in [-0.25, -0.2) is 9.37 Å². The molecular formula is C16H13ClFN3O. The zero-order valence-corrected chi connectivity index (χ0v) is 12.2. The fourth-order valence-corrected chi connectivity index (χ4v) is 2.69. The van der Waals surface area contributed by atoms with Crippen molar-refractivity contribution in [3.05, 3.63) is 82.6 Å². The monoisotopic (exact) mass is 317 g/mol. The van der Waals surface area contributed by atoms with Crippen LogP contribution in [0, 0.1) is 5.82 Å². The van der Waals surface area contributed by atoms with Crippen LogP contribution in [0.15, 0.2) is 54.9 Å². The zero-order chi connectivity index (χ0) is 15.5. The average molecular weight is 318 g/mol. The standard InChI is InChI=1S/C16H13ClFN3O/c17-13-4-2-1-3-12(13)14(10-5-7-11(18)8-6-10)15(22)16-19-9-20-21-16/h1-9,14-15,22H,(H,19,20,21). The highest BCUT2D eigenvalue weighted by molar-refractivity contribution is 6.31. The number of hydrogen-bond donors (Lipinski definition) is 2. The lowest BCUT2D eigenvalue weighted by molar-refractivity contribution is 0.149. The van der Waals surface area contributed by atoms with E-state index in [0.717, 1.165) is 11.1 Å². The van der Waals surface area contributed by atoms with Crippen LogP contribution in [0.5, 0.6) is 0 Å². The minimum Gasteiger partial charge on any atom is -0.384 e. The molecule has 4 nitrogen and oxygen atoms in total. The Morgan fingerprint density at radius 1 is 1.09 bits per heavy atom. The van der Waals surface area contributed by atoms with E-state index in [-0.39, 0.29) is 11.6 Å². The molecule has 0 aliphatic rings. The molecule has 3 rings (SSSR count). The van der Waals surface area contributed by atoms with Gasteiger partial charge < -0.3 is 5.11 Å². The summed E-state index contributed by atoms with van der Waals surface area (Å²) >= 11 is 6.27. The second-order valence-corrected chi connectivity index (χ2v) is 5.26. The Bertz CT molecular complexity index is 746. The predicted octanol–water partition coefficient (Wildman–Crippen LogP) is 3.46. The SMILES string of the molecule is OC(c1nc[nH]n1)C(c1ccc(F)cc1)c1ccccc1Cl. The first-order valence-corrected chi connectivity index (χ1v) is 7.08. The van der Waals surface area contributed by atoms with Crippen molar-refractivity contribution in [2.24, 2.45) is 0 Å². The van der Waals surface area contributed by atoms with E-state index < -0.39 is 12.0 Å². The summed E-state index contributed by atoms with van der Waals surface area (Å²) in [5, 5.41) is 17.7. The van der Waals surface area contributed by atoms with Gasteiger partial charge in [-0.15, -0.1) is 0 Å².